The summed E-state index contributed by atoms with van der Waals surface area (Å²) in [5.74, 6) is -1.18. The molecule has 2 aromatic heterocycles. The fraction of sp³-hybridized carbons (Fsp3) is 0.440. The van der Waals surface area contributed by atoms with Crippen molar-refractivity contribution in [3.8, 4) is 11.3 Å². The Morgan fingerprint density at radius 2 is 1.97 bits per heavy atom. The molecular weight excluding hydrogens is 424 g/mol. The number of aryl methyl sites for hydroxylation is 1. The van der Waals surface area contributed by atoms with E-state index in [1.165, 1.54) is 18.2 Å². The van der Waals surface area contributed by atoms with Gasteiger partial charge >= 0.3 is 0 Å². The number of benzene rings is 1. The first kappa shape index (κ1) is 21.7. The minimum Gasteiger partial charge on any atom is -0.338 e. The molecule has 1 aromatic carbocycles. The summed E-state index contributed by atoms with van der Waals surface area (Å²) >= 11 is 0. The van der Waals surface area contributed by atoms with Crippen molar-refractivity contribution in [3.05, 3.63) is 65.1 Å². The molecule has 0 spiro atoms. The summed E-state index contributed by atoms with van der Waals surface area (Å²) in [5, 5.41) is 13.0. The molecular formula is C25H27F2N5O. The quantitative estimate of drug-likeness (QED) is 0.574. The van der Waals surface area contributed by atoms with E-state index in [0.29, 0.717) is 18.7 Å². The lowest BCUT2D eigenvalue weighted by atomic mass is 9.68. The number of aromatic nitrogens is 4. The Balaban J connectivity index is 1.56. The van der Waals surface area contributed by atoms with Gasteiger partial charge in [-0.25, -0.2) is 8.78 Å². The molecule has 33 heavy (non-hydrogen) atoms. The molecule has 0 radical (unpaired) electrons. The van der Waals surface area contributed by atoms with Crippen molar-refractivity contribution >= 4 is 5.91 Å². The molecule has 2 heterocycles. The average Bonchev–Trinajstić information content (AvgIpc) is 3.37. The normalized spacial score (nSPS) is 22.4. The van der Waals surface area contributed by atoms with Gasteiger partial charge in [-0.1, -0.05) is 19.9 Å². The average molecular weight is 452 g/mol. The van der Waals surface area contributed by atoms with Crippen LogP contribution in [-0.2, 0) is 12.5 Å². The summed E-state index contributed by atoms with van der Waals surface area (Å²) < 4.78 is 30.4. The van der Waals surface area contributed by atoms with Gasteiger partial charge < -0.3 is 4.90 Å². The molecule has 0 N–H and O–H groups in total. The van der Waals surface area contributed by atoms with Crippen LogP contribution in [-0.4, -0.2) is 43.9 Å². The Kier molecular flexibility index (Phi) is 4.88. The van der Waals surface area contributed by atoms with Gasteiger partial charge in [0, 0.05) is 31.7 Å². The first-order chi connectivity index (χ1) is 15.7. The van der Waals surface area contributed by atoms with E-state index in [9.17, 15) is 13.6 Å². The van der Waals surface area contributed by atoms with E-state index in [1.807, 2.05) is 11.8 Å². The third-order valence-electron chi connectivity index (χ3n) is 7.92. The highest BCUT2D eigenvalue weighted by Gasteiger charge is 2.64. The zero-order valence-corrected chi connectivity index (χ0v) is 19.3. The van der Waals surface area contributed by atoms with Crippen LogP contribution >= 0.6 is 0 Å². The maximum atomic E-state index is 14.4. The number of hydrogen-bond acceptors (Lipinski definition) is 4. The fourth-order valence-electron chi connectivity index (χ4n) is 6.01. The fourth-order valence-corrected chi connectivity index (χ4v) is 6.01. The van der Waals surface area contributed by atoms with Crippen molar-refractivity contribution in [1.29, 1.82) is 0 Å². The Hall–Kier alpha value is -3.16. The smallest absolute Gasteiger partial charge is 0.257 e. The van der Waals surface area contributed by atoms with E-state index in [0.717, 1.165) is 24.1 Å². The van der Waals surface area contributed by atoms with Gasteiger partial charge in [-0.05, 0) is 54.9 Å². The van der Waals surface area contributed by atoms with Crippen LogP contribution in [0.3, 0.4) is 0 Å². The number of fused-ring (bicyclic) bond motifs is 5. The second-order valence-corrected chi connectivity index (χ2v) is 9.75. The van der Waals surface area contributed by atoms with E-state index >= 15 is 0 Å². The SMILES string of the molecule is CCN(C[C@@]12CC[C@@H](c3cc(-c4c(F)cccc4F)nnc31)C2(C)C)C(=O)c1cnn(C)c1. The Morgan fingerprint density at radius 1 is 1.24 bits per heavy atom. The van der Waals surface area contributed by atoms with E-state index in [2.05, 4.69) is 29.1 Å². The van der Waals surface area contributed by atoms with Crippen molar-refractivity contribution in [2.45, 2.75) is 44.9 Å². The number of carbonyl (C=O) groups is 1. The maximum absolute atomic E-state index is 14.4. The van der Waals surface area contributed by atoms with Crippen LogP contribution in [0.2, 0.25) is 0 Å². The van der Waals surface area contributed by atoms with Crippen LogP contribution < -0.4 is 0 Å². The lowest BCUT2D eigenvalue weighted by Crippen LogP contribution is -2.48. The van der Waals surface area contributed by atoms with Crippen LogP contribution in [0.15, 0.2) is 36.7 Å². The molecule has 1 amide bonds. The Labute approximate surface area is 191 Å². The van der Waals surface area contributed by atoms with Gasteiger partial charge in [0.1, 0.15) is 11.6 Å². The van der Waals surface area contributed by atoms with Crippen molar-refractivity contribution in [2.75, 3.05) is 13.1 Å². The maximum Gasteiger partial charge on any atom is 0.257 e. The summed E-state index contributed by atoms with van der Waals surface area (Å²) in [6.45, 7) is 7.44. The molecule has 1 saturated carbocycles. The number of rotatable bonds is 5. The number of likely N-dealkylation sites (N-methyl/N-ethyl adjacent to an activating group) is 1. The molecule has 0 unspecified atom stereocenters. The predicted molar refractivity (Wildman–Crippen MR) is 120 cm³/mol. The lowest BCUT2D eigenvalue weighted by molar-refractivity contribution is 0.0652. The first-order valence-electron chi connectivity index (χ1n) is 11.3. The lowest BCUT2D eigenvalue weighted by Gasteiger charge is -2.41. The Morgan fingerprint density at radius 3 is 2.61 bits per heavy atom. The summed E-state index contributed by atoms with van der Waals surface area (Å²) in [7, 11) is 1.79. The molecule has 2 bridgehead atoms. The van der Waals surface area contributed by atoms with Gasteiger partial charge in [0.2, 0.25) is 0 Å². The number of nitrogens with zero attached hydrogens (tertiary/aromatic N) is 5. The molecule has 8 heteroatoms. The van der Waals surface area contributed by atoms with E-state index in [-0.39, 0.29) is 33.9 Å². The number of halogens is 2. The summed E-state index contributed by atoms with van der Waals surface area (Å²) in [5.41, 5.74) is 1.90. The van der Waals surface area contributed by atoms with Crippen molar-refractivity contribution in [2.24, 2.45) is 12.5 Å². The van der Waals surface area contributed by atoms with Gasteiger partial charge in [0.15, 0.2) is 0 Å². The second kappa shape index (κ2) is 7.43. The molecule has 5 rings (SSSR count). The van der Waals surface area contributed by atoms with Crippen molar-refractivity contribution in [3.63, 3.8) is 0 Å². The standard InChI is InChI=1S/C25H27F2N5O/c1-5-32(23(33)15-12-28-31(4)13-15)14-25-10-9-17(24(25,2)3)16-11-20(29-30-22(16)25)21-18(26)7-6-8-19(21)27/h6-8,11-13,17H,5,9-10,14H2,1-4H3/t17-,25-/m0/s1. The van der Waals surface area contributed by atoms with Crippen LogP contribution in [0.4, 0.5) is 8.78 Å². The molecule has 2 aliphatic rings. The van der Waals surface area contributed by atoms with Crippen LogP contribution in [0.25, 0.3) is 11.3 Å². The Bertz CT molecular complexity index is 1230. The molecule has 0 saturated heterocycles. The molecule has 172 valence electrons. The van der Waals surface area contributed by atoms with Crippen molar-refractivity contribution in [1.82, 2.24) is 24.9 Å². The molecule has 0 aliphatic heterocycles. The number of amides is 1. The first-order valence-corrected chi connectivity index (χ1v) is 11.3. The summed E-state index contributed by atoms with van der Waals surface area (Å²) in [6, 6.07) is 5.60. The van der Waals surface area contributed by atoms with Gasteiger partial charge in [0.25, 0.3) is 5.91 Å². The third kappa shape index (κ3) is 3.03. The summed E-state index contributed by atoms with van der Waals surface area (Å²) in [6.07, 6.45) is 5.13. The largest absolute Gasteiger partial charge is 0.338 e. The topological polar surface area (TPSA) is 63.9 Å². The van der Waals surface area contributed by atoms with Crippen LogP contribution in [0.1, 0.15) is 61.1 Å². The van der Waals surface area contributed by atoms with Gasteiger partial charge in [-0.3, -0.25) is 9.48 Å². The molecule has 2 atom stereocenters. The highest BCUT2D eigenvalue weighted by molar-refractivity contribution is 5.93. The minimum atomic E-state index is -0.652. The zero-order valence-electron chi connectivity index (χ0n) is 19.3. The van der Waals surface area contributed by atoms with E-state index in [1.54, 1.807) is 30.2 Å². The molecule has 1 fully saturated rings. The zero-order chi connectivity index (χ0) is 23.5. The summed E-state index contributed by atoms with van der Waals surface area (Å²) in [4.78, 5) is 15.1. The third-order valence-corrected chi connectivity index (χ3v) is 7.92. The number of hydrogen-bond donors (Lipinski definition) is 0. The molecule has 3 aromatic rings. The number of carbonyl (C=O) groups excluding carboxylic acids is 1. The van der Waals surface area contributed by atoms with Gasteiger partial charge in [-0.15, -0.1) is 0 Å². The van der Waals surface area contributed by atoms with Crippen LogP contribution in [0.5, 0.6) is 0 Å². The van der Waals surface area contributed by atoms with E-state index < -0.39 is 11.6 Å². The second-order valence-electron chi connectivity index (χ2n) is 9.75. The molecule has 6 nitrogen and oxygen atoms in total. The monoisotopic (exact) mass is 451 g/mol. The van der Waals surface area contributed by atoms with Gasteiger partial charge in [-0.2, -0.15) is 15.3 Å². The highest BCUT2D eigenvalue weighted by Crippen LogP contribution is 2.67. The highest BCUT2D eigenvalue weighted by atomic mass is 19.1. The van der Waals surface area contributed by atoms with Crippen molar-refractivity contribution < 1.29 is 13.6 Å². The van der Waals surface area contributed by atoms with Crippen LogP contribution in [0, 0.1) is 17.0 Å². The predicted octanol–water partition coefficient (Wildman–Crippen LogP) is 4.47. The molecule has 2 aliphatic carbocycles. The minimum absolute atomic E-state index is 0.0642. The van der Waals surface area contributed by atoms with Gasteiger partial charge in [0.05, 0.1) is 28.7 Å². The van der Waals surface area contributed by atoms with E-state index in [4.69, 9.17) is 0 Å².